The fraction of sp³-hybridized carbons (Fsp3) is 0.364. The average molecular weight is 222 g/mol. The van der Waals surface area contributed by atoms with E-state index in [-0.39, 0.29) is 5.91 Å². The van der Waals surface area contributed by atoms with Gasteiger partial charge in [-0.3, -0.25) is 4.79 Å². The van der Waals surface area contributed by atoms with Gasteiger partial charge in [-0.2, -0.15) is 0 Å². The normalized spacial score (nSPS) is 9.20. The molecule has 0 spiro atoms. The molecule has 0 aliphatic rings. The van der Waals surface area contributed by atoms with Crippen LogP contribution in [0.2, 0.25) is 0 Å². The fourth-order valence-corrected chi connectivity index (χ4v) is 1.92. The highest BCUT2D eigenvalue weighted by molar-refractivity contribution is 7.14. The van der Waals surface area contributed by atoms with Crippen LogP contribution in [0.1, 0.15) is 27.9 Å². The molecule has 0 aliphatic carbocycles. The van der Waals surface area contributed by atoms with Gasteiger partial charge >= 0.3 is 0 Å². The van der Waals surface area contributed by atoms with Gasteiger partial charge in [0.1, 0.15) is 0 Å². The Hall–Kier alpha value is -1.47. The number of nitrogen functional groups attached to an aromatic ring is 1. The Morgan fingerprint density at radius 2 is 2.40 bits per heavy atom. The summed E-state index contributed by atoms with van der Waals surface area (Å²) in [5, 5.41) is 2.79. The van der Waals surface area contributed by atoms with Crippen molar-refractivity contribution in [2.75, 3.05) is 12.3 Å². The highest BCUT2D eigenvalue weighted by Gasteiger charge is 2.09. The van der Waals surface area contributed by atoms with E-state index < -0.39 is 0 Å². The number of thiophene rings is 1. The predicted octanol–water partition coefficient (Wildman–Crippen LogP) is 1.78. The molecule has 0 aromatic carbocycles. The summed E-state index contributed by atoms with van der Waals surface area (Å²) in [5.41, 5.74) is 6.34. The van der Waals surface area contributed by atoms with Crippen molar-refractivity contribution in [3.05, 3.63) is 15.8 Å². The molecule has 15 heavy (non-hydrogen) atoms. The van der Waals surface area contributed by atoms with Crippen LogP contribution in [0.3, 0.4) is 0 Å². The third kappa shape index (κ3) is 3.30. The first-order chi connectivity index (χ1) is 7.15. The van der Waals surface area contributed by atoms with E-state index in [2.05, 4.69) is 17.2 Å². The molecule has 1 aromatic heterocycles. The van der Waals surface area contributed by atoms with Crippen molar-refractivity contribution in [2.24, 2.45) is 0 Å². The van der Waals surface area contributed by atoms with E-state index in [1.165, 1.54) is 11.3 Å². The lowest BCUT2D eigenvalue weighted by molar-refractivity contribution is 0.0958. The Bertz CT molecular complexity index is 392. The maximum Gasteiger partial charge on any atom is 0.261 e. The first kappa shape index (κ1) is 11.6. The second kappa shape index (κ2) is 5.42. The largest absolute Gasteiger partial charge is 0.398 e. The van der Waals surface area contributed by atoms with E-state index in [9.17, 15) is 4.79 Å². The molecule has 3 N–H and O–H groups in total. The van der Waals surface area contributed by atoms with E-state index in [0.29, 0.717) is 23.5 Å². The molecular formula is C11H14N2OS. The molecule has 80 valence electrons. The van der Waals surface area contributed by atoms with Gasteiger partial charge in [0, 0.05) is 23.5 Å². The third-order valence-electron chi connectivity index (χ3n) is 1.89. The van der Waals surface area contributed by atoms with Gasteiger partial charge in [-0.1, -0.05) is 0 Å². The van der Waals surface area contributed by atoms with E-state index in [4.69, 9.17) is 5.73 Å². The van der Waals surface area contributed by atoms with Gasteiger partial charge in [-0.05, 0) is 19.9 Å². The molecule has 1 heterocycles. The summed E-state index contributed by atoms with van der Waals surface area (Å²) in [6.07, 6.45) is 0.683. The maximum atomic E-state index is 11.6. The van der Waals surface area contributed by atoms with Crippen LogP contribution in [0.15, 0.2) is 6.07 Å². The Kier molecular flexibility index (Phi) is 4.19. The van der Waals surface area contributed by atoms with Crippen LogP contribution in [0, 0.1) is 18.8 Å². The van der Waals surface area contributed by atoms with Gasteiger partial charge in [0.15, 0.2) is 0 Å². The van der Waals surface area contributed by atoms with Crippen LogP contribution in [0.5, 0.6) is 0 Å². The number of hydrogen-bond donors (Lipinski definition) is 2. The third-order valence-corrected chi connectivity index (χ3v) is 2.96. The van der Waals surface area contributed by atoms with E-state index in [1.54, 1.807) is 13.0 Å². The molecular weight excluding hydrogens is 208 g/mol. The zero-order valence-electron chi connectivity index (χ0n) is 8.89. The Labute approximate surface area is 93.7 Å². The van der Waals surface area contributed by atoms with E-state index in [0.717, 1.165) is 4.88 Å². The van der Waals surface area contributed by atoms with Crippen molar-refractivity contribution < 1.29 is 4.79 Å². The van der Waals surface area contributed by atoms with Crippen molar-refractivity contribution >= 4 is 22.9 Å². The van der Waals surface area contributed by atoms with Crippen molar-refractivity contribution in [1.82, 2.24) is 5.32 Å². The molecule has 4 heteroatoms. The van der Waals surface area contributed by atoms with Crippen LogP contribution in [-0.4, -0.2) is 12.5 Å². The molecule has 0 fully saturated rings. The maximum absolute atomic E-state index is 11.6. The smallest absolute Gasteiger partial charge is 0.261 e. The zero-order valence-corrected chi connectivity index (χ0v) is 9.70. The van der Waals surface area contributed by atoms with Gasteiger partial charge in [0.25, 0.3) is 5.91 Å². The highest BCUT2D eigenvalue weighted by atomic mass is 32.1. The van der Waals surface area contributed by atoms with Crippen LogP contribution in [-0.2, 0) is 0 Å². The van der Waals surface area contributed by atoms with Gasteiger partial charge in [-0.15, -0.1) is 23.2 Å². The number of rotatable bonds is 3. The van der Waals surface area contributed by atoms with Crippen molar-refractivity contribution in [3.63, 3.8) is 0 Å². The summed E-state index contributed by atoms with van der Waals surface area (Å²) >= 11 is 1.41. The summed E-state index contributed by atoms with van der Waals surface area (Å²) in [5.74, 6) is 5.59. The number of nitrogens with one attached hydrogen (secondary N) is 1. The van der Waals surface area contributed by atoms with Crippen molar-refractivity contribution in [1.29, 1.82) is 0 Å². The second-order valence-electron chi connectivity index (χ2n) is 3.05. The van der Waals surface area contributed by atoms with Gasteiger partial charge in [-0.25, -0.2) is 0 Å². The standard InChI is InChI=1S/C11H14N2OS/c1-3-4-5-6-13-11(14)10-7-9(12)8(2)15-10/h7H,5-6,12H2,1-2H3,(H,13,14). The molecule has 1 amide bonds. The molecule has 0 atom stereocenters. The number of carbonyl (C=O) groups excluding carboxylic acids is 1. The fourth-order valence-electron chi connectivity index (χ4n) is 1.06. The Morgan fingerprint density at radius 3 is 2.93 bits per heavy atom. The summed E-state index contributed by atoms with van der Waals surface area (Å²) in [6, 6.07) is 1.71. The molecule has 1 rings (SSSR count). The lowest BCUT2D eigenvalue weighted by Gasteiger charge is -1.98. The minimum absolute atomic E-state index is 0.0716. The van der Waals surface area contributed by atoms with Gasteiger partial charge in [0.05, 0.1) is 4.88 Å². The van der Waals surface area contributed by atoms with Crippen molar-refractivity contribution in [2.45, 2.75) is 20.3 Å². The lowest BCUT2D eigenvalue weighted by atomic mass is 10.3. The first-order valence-electron chi connectivity index (χ1n) is 4.69. The summed E-state index contributed by atoms with van der Waals surface area (Å²) in [4.78, 5) is 13.2. The second-order valence-corrected chi connectivity index (χ2v) is 4.31. The minimum Gasteiger partial charge on any atom is -0.398 e. The van der Waals surface area contributed by atoms with Crippen LogP contribution < -0.4 is 11.1 Å². The quantitative estimate of drug-likeness (QED) is 0.605. The number of anilines is 1. The Morgan fingerprint density at radius 1 is 1.67 bits per heavy atom. The number of carbonyl (C=O) groups is 1. The van der Waals surface area contributed by atoms with Gasteiger partial charge < -0.3 is 11.1 Å². The number of hydrogen-bond acceptors (Lipinski definition) is 3. The molecule has 0 aliphatic heterocycles. The summed E-state index contributed by atoms with van der Waals surface area (Å²) < 4.78 is 0. The molecule has 1 aromatic rings. The number of aryl methyl sites for hydroxylation is 1. The summed E-state index contributed by atoms with van der Waals surface area (Å²) in [7, 11) is 0. The predicted molar refractivity (Wildman–Crippen MR) is 63.9 cm³/mol. The summed E-state index contributed by atoms with van der Waals surface area (Å²) in [6.45, 7) is 4.26. The molecule has 0 saturated carbocycles. The molecule has 0 unspecified atom stereocenters. The first-order valence-corrected chi connectivity index (χ1v) is 5.50. The average Bonchev–Trinajstić information content (AvgIpc) is 2.54. The van der Waals surface area contributed by atoms with Crippen LogP contribution in [0.4, 0.5) is 5.69 Å². The minimum atomic E-state index is -0.0716. The number of nitrogens with two attached hydrogens (primary N) is 1. The molecule has 0 saturated heterocycles. The lowest BCUT2D eigenvalue weighted by Crippen LogP contribution is -2.23. The van der Waals surface area contributed by atoms with Crippen LogP contribution >= 0.6 is 11.3 Å². The van der Waals surface area contributed by atoms with Gasteiger partial charge in [0.2, 0.25) is 0 Å². The van der Waals surface area contributed by atoms with E-state index >= 15 is 0 Å². The van der Waals surface area contributed by atoms with Crippen LogP contribution in [0.25, 0.3) is 0 Å². The number of amides is 1. The molecule has 0 radical (unpaired) electrons. The topological polar surface area (TPSA) is 55.1 Å². The molecule has 0 bridgehead atoms. The Balaban J connectivity index is 2.49. The zero-order chi connectivity index (χ0) is 11.3. The van der Waals surface area contributed by atoms with E-state index in [1.807, 2.05) is 6.92 Å². The SMILES string of the molecule is CC#CCCNC(=O)c1cc(N)c(C)s1. The highest BCUT2D eigenvalue weighted by Crippen LogP contribution is 2.22. The molecule has 3 nitrogen and oxygen atoms in total. The van der Waals surface area contributed by atoms with Crippen molar-refractivity contribution in [3.8, 4) is 11.8 Å². The monoisotopic (exact) mass is 222 g/mol.